The molecule has 0 aliphatic heterocycles. The van der Waals surface area contributed by atoms with Crippen LogP contribution in [0.4, 0.5) is 13.2 Å². The second-order valence-electron chi connectivity index (χ2n) is 9.32. The molecule has 3 heteroatoms. The van der Waals surface area contributed by atoms with Crippen molar-refractivity contribution in [3.05, 3.63) is 82.7 Å². The quantitative estimate of drug-likeness (QED) is 0.261. The molecule has 1 aliphatic rings. The molecule has 0 heterocycles. The van der Waals surface area contributed by atoms with Crippen molar-refractivity contribution in [3.8, 4) is 11.8 Å². The molecular weight excluding hydrogens is 417 g/mol. The van der Waals surface area contributed by atoms with Crippen LogP contribution >= 0.6 is 0 Å². The number of rotatable bonds is 6. The third-order valence-electron chi connectivity index (χ3n) is 6.87. The zero-order chi connectivity index (χ0) is 23.2. The Hall–Kier alpha value is -2.73. The van der Waals surface area contributed by atoms with Crippen LogP contribution in [0.5, 0.6) is 0 Å². The standard InChI is InChI=1S/C30H31F3/c1-2-3-4-5-6-22-10-14-24(28(31)17-22)13-9-21-7-11-23(12-8-21)25-15-16-26-19-29(32)30(33)20-27(26)18-25/h10,14-21,23H,2-8,11-12H2,1H3. The number of hydrogen-bond acceptors (Lipinski definition) is 0. The lowest BCUT2D eigenvalue weighted by atomic mass is 9.78. The summed E-state index contributed by atoms with van der Waals surface area (Å²) in [5.41, 5.74) is 2.70. The first kappa shape index (κ1) is 23.4. The first-order chi connectivity index (χ1) is 16.0. The van der Waals surface area contributed by atoms with E-state index in [4.69, 9.17) is 0 Å². The average Bonchev–Trinajstić information content (AvgIpc) is 2.82. The Morgan fingerprint density at radius 1 is 0.758 bits per heavy atom. The molecule has 0 atom stereocenters. The largest absolute Gasteiger partial charge is 0.206 e. The summed E-state index contributed by atoms with van der Waals surface area (Å²) in [6, 6.07) is 13.9. The van der Waals surface area contributed by atoms with Crippen LogP contribution < -0.4 is 0 Å². The zero-order valence-electron chi connectivity index (χ0n) is 19.3. The maximum atomic E-state index is 14.5. The Morgan fingerprint density at radius 3 is 2.24 bits per heavy atom. The number of halogens is 3. The van der Waals surface area contributed by atoms with Crippen molar-refractivity contribution in [2.24, 2.45) is 5.92 Å². The van der Waals surface area contributed by atoms with Crippen molar-refractivity contribution in [1.82, 2.24) is 0 Å². The van der Waals surface area contributed by atoms with Crippen LogP contribution in [0.3, 0.4) is 0 Å². The van der Waals surface area contributed by atoms with Gasteiger partial charge < -0.3 is 0 Å². The van der Waals surface area contributed by atoms with Crippen LogP contribution in [-0.4, -0.2) is 0 Å². The van der Waals surface area contributed by atoms with Crippen molar-refractivity contribution >= 4 is 10.8 Å². The number of fused-ring (bicyclic) bond motifs is 1. The van der Waals surface area contributed by atoms with Crippen molar-refractivity contribution < 1.29 is 13.2 Å². The van der Waals surface area contributed by atoms with Gasteiger partial charge in [-0.15, -0.1) is 0 Å². The Balaban J connectivity index is 1.34. The van der Waals surface area contributed by atoms with Gasteiger partial charge in [0.25, 0.3) is 0 Å². The fourth-order valence-corrected chi connectivity index (χ4v) is 4.84. The molecule has 0 nitrogen and oxygen atoms in total. The molecule has 0 N–H and O–H groups in total. The van der Waals surface area contributed by atoms with E-state index in [1.165, 1.54) is 37.0 Å². The molecule has 0 amide bonds. The normalized spacial score (nSPS) is 18.2. The molecule has 33 heavy (non-hydrogen) atoms. The Bertz CT molecular complexity index is 1160. The highest BCUT2D eigenvalue weighted by molar-refractivity contribution is 5.83. The molecule has 1 aliphatic carbocycles. The lowest BCUT2D eigenvalue weighted by Crippen LogP contribution is -2.12. The number of hydrogen-bond donors (Lipinski definition) is 0. The average molecular weight is 449 g/mol. The molecule has 1 saturated carbocycles. The van der Waals surface area contributed by atoms with E-state index in [0.717, 1.165) is 49.5 Å². The predicted octanol–water partition coefficient (Wildman–Crippen LogP) is 8.71. The molecule has 0 aromatic heterocycles. The van der Waals surface area contributed by atoms with Crippen molar-refractivity contribution in [3.63, 3.8) is 0 Å². The van der Waals surface area contributed by atoms with Gasteiger partial charge >= 0.3 is 0 Å². The second kappa shape index (κ2) is 10.9. The summed E-state index contributed by atoms with van der Waals surface area (Å²) >= 11 is 0. The highest BCUT2D eigenvalue weighted by Gasteiger charge is 2.21. The smallest absolute Gasteiger partial charge is 0.159 e. The topological polar surface area (TPSA) is 0 Å². The Labute approximate surface area is 195 Å². The number of benzene rings is 3. The lowest BCUT2D eigenvalue weighted by Gasteiger charge is -2.26. The monoisotopic (exact) mass is 448 g/mol. The van der Waals surface area contributed by atoms with E-state index in [-0.39, 0.29) is 11.7 Å². The number of aryl methyl sites for hydroxylation is 1. The van der Waals surface area contributed by atoms with Gasteiger partial charge in [0.2, 0.25) is 0 Å². The van der Waals surface area contributed by atoms with E-state index in [9.17, 15) is 13.2 Å². The predicted molar refractivity (Wildman–Crippen MR) is 130 cm³/mol. The summed E-state index contributed by atoms with van der Waals surface area (Å²) in [7, 11) is 0. The van der Waals surface area contributed by atoms with Crippen LogP contribution in [0, 0.1) is 35.2 Å². The van der Waals surface area contributed by atoms with E-state index >= 15 is 0 Å². The third kappa shape index (κ3) is 5.99. The Morgan fingerprint density at radius 2 is 1.52 bits per heavy atom. The second-order valence-corrected chi connectivity index (χ2v) is 9.32. The van der Waals surface area contributed by atoms with E-state index < -0.39 is 11.6 Å². The van der Waals surface area contributed by atoms with Crippen LogP contribution in [0.15, 0.2) is 48.5 Å². The highest BCUT2D eigenvalue weighted by atomic mass is 19.2. The lowest BCUT2D eigenvalue weighted by molar-refractivity contribution is 0.385. The summed E-state index contributed by atoms with van der Waals surface area (Å²) in [5, 5.41) is 1.45. The molecule has 3 aromatic rings. The van der Waals surface area contributed by atoms with Crippen molar-refractivity contribution in [2.75, 3.05) is 0 Å². The molecule has 4 rings (SSSR count). The van der Waals surface area contributed by atoms with Gasteiger partial charge in [-0.3, -0.25) is 0 Å². The summed E-state index contributed by atoms with van der Waals surface area (Å²) in [6.45, 7) is 2.19. The molecule has 1 fully saturated rings. The van der Waals surface area contributed by atoms with Crippen LogP contribution in [0.25, 0.3) is 10.8 Å². The first-order valence-electron chi connectivity index (χ1n) is 12.2. The van der Waals surface area contributed by atoms with E-state index in [1.54, 1.807) is 6.07 Å². The fourth-order valence-electron chi connectivity index (χ4n) is 4.84. The summed E-state index contributed by atoms with van der Waals surface area (Å²) in [5.74, 6) is 5.18. The van der Waals surface area contributed by atoms with Gasteiger partial charge in [-0.05, 0) is 90.6 Å². The highest BCUT2D eigenvalue weighted by Crippen LogP contribution is 2.36. The third-order valence-corrected chi connectivity index (χ3v) is 6.87. The Kier molecular flexibility index (Phi) is 7.76. The van der Waals surface area contributed by atoms with Gasteiger partial charge in [0.05, 0.1) is 5.56 Å². The molecule has 0 bridgehead atoms. The van der Waals surface area contributed by atoms with Crippen LogP contribution in [0.1, 0.15) is 80.9 Å². The first-order valence-corrected chi connectivity index (χ1v) is 12.2. The molecule has 0 spiro atoms. The fraction of sp³-hybridized carbons (Fsp3) is 0.400. The van der Waals surface area contributed by atoms with Crippen LogP contribution in [0.2, 0.25) is 0 Å². The maximum absolute atomic E-state index is 14.5. The zero-order valence-corrected chi connectivity index (χ0v) is 19.3. The summed E-state index contributed by atoms with van der Waals surface area (Å²) in [4.78, 5) is 0. The molecule has 3 aromatic carbocycles. The minimum Gasteiger partial charge on any atom is -0.206 e. The molecule has 0 unspecified atom stereocenters. The van der Waals surface area contributed by atoms with Gasteiger partial charge in [-0.1, -0.05) is 62.3 Å². The van der Waals surface area contributed by atoms with E-state index in [2.05, 4.69) is 18.8 Å². The van der Waals surface area contributed by atoms with Gasteiger partial charge in [0.15, 0.2) is 11.6 Å². The minimum atomic E-state index is -0.813. The molecule has 0 saturated heterocycles. The molecule has 172 valence electrons. The maximum Gasteiger partial charge on any atom is 0.159 e. The van der Waals surface area contributed by atoms with Gasteiger partial charge in [-0.25, -0.2) is 13.2 Å². The van der Waals surface area contributed by atoms with E-state index in [1.807, 2.05) is 30.3 Å². The minimum absolute atomic E-state index is 0.219. The van der Waals surface area contributed by atoms with Crippen molar-refractivity contribution in [1.29, 1.82) is 0 Å². The molecule has 0 radical (unpaired) electrons. The van der Waals surface area contributed by atoms with Gasteiger partial charge in [0, 0.05) is 5.92 Å². The molecular formula is C30H31F3. The van der Waals surface area contributed by atoms with E-state index in [0.29, 0.717) is 16.9 Å². The van der Waals surface area contributed by atoms with Gasteiger partial charge in [0.1, 0.15) is 5.82 Å². The SMILES string of the molecule is CCCCCCc1ccc(C#CC2CCC(c3ccc4cc(F)c(F)cc4c3)CC2)c(F)c1. The van der Waals surface area contributed by atoms with Crippen LogP contribution in [-0.2, 0) is 6.42 Å². The van der Waals surface area contributed by atoms with Gasteiger partial charge in [-0.2, -0.15) is 0 Å². The number of unbranched alkanes of at least 4 members (excludes halogenated alkanes) is 3. The van der Waals surface area contributed by atoms with Crippen molar-refractivity contribution in [2.45, 2.75) is 70.6 Å². The summed E-state index contributed by atoms with van der Waals surface area (Å²) < 4.78 is 41.6. The summed E-state index contributed by atoms with van der Waals surface area (Å²) in [6.07, 6.45) is 9.56.